The zero-order valence-corrected chi connectivity index (χ0v) is 12.5. The standard InChI is InChI=1S/C10H19ClN4O2S/c1-6-8(10(11)15(3)14-6)5-9(13-12)7(2)18(4,16)17/h7,9,13H,5,12H2,1-4H3. The number of hydrazine groups is 1. The smallest absolute Gasteiger partial charge is 0.151 e. The van der Waals surface area contributed by atoms with Crippen molar-refractivity contribution in [3.8, 4) is 0 Å². The van der Waals surface area contributed by atoms with Crippen LogP contribution in [0.4, 0.5) is 0 Å². The van der Waals surface area contributed by atoms with Gasteiger partial charge in [-0.05, 0) is 20.3 Å². The van der Waals surface area contributed by atoms with Crippen molar-refractivity contribution in [3.63, 3.8) is 0 Å². The highest BCUT2D eigenvalue weighted by Crippen LogP contribution is 2.22. The fraction of sp³-hybridized carbons (Fsp3) is 0.700. The third kappa shape index (κ3) is 3.23. The zero-order chi connectivity index (χ0) is 14.1. The summed E-state index contributed by atoms with van der Waals surface area (Å²) in [6.45, 7) is 3.46. The molecule has 0 aliphatic rings. The van der Waals surface area contributed by atoms with Crippen LogP contribution in [0.3, 0.4) is 0 Å². The minimum absolute atomic E-state index is 0.402. The van der Waals surface area contributed by atoms with E-state index in [0.717, 1.165) is 11.3 Å². The Morgan fingerprint density at radius 1 is 1.56 bits per heavy atom. The van der Waals surface area contributed by atoms with Crippen molar-refractivity contribution >= 4 is 21.4 Å². The highest BCUT2D eigenvalue weighted by atomic mass is 35.5. The van der Waals surface area contributed by atoms with Crippen molar-refractivity contribution in [3.05, 3.63) is 16.4 Å². The average Bonchev–Trinajstić information content (AvgIpc) is 2.49. The summed E-state index contributed by atoms with van der Waals surface area (Å²) >= 11 is 6.12. The predicted octanol–water partition coefficient (Wildman–Crippen LogP) is 0.189. The molecule has 8 heteroatoms. The Balaban J connectivity index is 3.00. The lowest BCUT2D eigenvalue weighted by Gasteiger charge is -2.21. The van der Waals surface area contributed by atoms with Crippen LogP contribution in [0, 0.1) is 6.92 Å². The number of halogens is 1. The molecule has 1 rings (SSSR count). The minimum Gasteiger partial charge on any atom is -0.271 e. The molecule has 1 aromatic rings. The molecule has 0 spiro atoms. The highest BCUT2D eigenvalue weighted by molar-refractivity contribution is 7.91. The summed E-state index contributed by atoms with van der Waals surface area (Å²) in [6, 6.07) is -0.402. The van der Waals surface area contributed by atoms with E-state index in [9.17, 15) is 8.42 Å². The van der Waals surface area contributed by atoms with Gasteiger partial charge in [-0.1, -0.05) is 11.6 Å². The molecule has 0 bridgehead atoms. The SMILES string of the molecule is Cc1nn(C)c(Cl)c1CC(NN)C(C)S(C)(=O)=O. The summed E-state index contributed by atoms with van der Waals surface area (Å²) in [4.78, 5) is 0. The minimum atomic E-state index is -3.17. The number of nitrogens with two attached hydrogens (primary N) is 1. The average molecular weight is 295 g/mol. The first-order chi connectivity index (χ1) is 8.18. The van der Waals surface area contributed by atoms with Crippen molar-refractivity contribution in [2.75, 3.05) is 6.26 Å². The molecular weight excluding hydrogens is 276 g/mol. The Labute approximate surface area is 112 Å². The van der Waals surface area contributed by atoms with Gasteiger partial charge in [-0.25, -0.2) is 8.42 Å². The van der Waals surface area contributed by atoms with E-state index >= 15 is 0 Å². The van der Waals surface area contributed by atoms with Crippen LogP contribution >= 0.6 is 11.6 Å². The van der Waals surface area contributed by atoms with Crippen molar-refractivity contribution in [1.82, 2.24) is 15.2 Å². The molecule has 0 fully saturated rings. The summed E-state index contributed by atoms with van der Waals surface area (Å²) in [6.07, 6.45) is 1.61. The first kappa shape index (κ1) is 15.4. The van der Waals surface area contributed by atoms with Gasteiger partial charge in [0.2, 0.25) is 0 Å². The number of rotatable bonds is 5. The molecule has 0 aliphatic heterocycles. The lowest BCUT2D eigenvalue weighted by atomic mass is 10.1. The third-order valence-corrected chi connectivity index (χ3v) is 5.30. The van der Waals surface area contributed by atoms with Crippen molar-refractivity contribution in [2.24, 2.45) is 12.9 Å². The topological polar surface area (TPSA) is 90.0 Å². The van der Waals surface area contributed by atoms with Gasteiger partial charge in [0.15, 0.2) is 9.84 Å². The normalized spacial score (nSPS) is 15.7. The second kappa shape index (κ2) is 5.56. The van der Waals surface area contributed by atoms with Crippen LogP contribution in [0.2, 0.25) is 5.15 Å². The van der Waals surface area contributed by atoms with E-state index in [2.05, 4.69) is 10.5 Å². The van der Waals surface area contributed by atoms with Crippen molar-refractivity contribution in [2.45, 2.75) is 31.6 Å². The first-order valence-corrected chi connectivity index (χ1v) is 7.84. The number of hydrogen-bond donors (Lipinski definition) is 2. The Hall–Kier alpha value is -0.630. The van der Waals surface area contributed by atoms with E-state index < -0.39 is 21.1 Å². The molecule has 0 saturated heterocycles. The van der Waals surface area contributed by atoms with Gasteiger partial charge in [0.25, 0.3) is 0 Å². The number of hydrogen-bond acceptors (Lipinski definition) is 5. The lowest BCUT2D eigenvalue weighted by molar-refractivity contribution is 0.493. The van der Waals surface area contributed by atoms with Crippen LogP contribution < -0.4 is 11.3 Å². The molecule has 3 N–H and O–H groups in total. The van der Waals surface area contributed by atoms with Crippen LogP contribution in [0.25, 0.3) is 0 Å². The Kier molecular flexibility index (Phi) is 4.77. The van der Waals surface area contributed by atoms with E-state index in [0.29, 0.717) is 11.6 Å². The van der Waals surface area contributed by atoms with Crippen LogP contribution in [0.1, 0.15) is 18.2 Å². The zero-order valence-electron chi connectivity index (χ0n) is 10.9. The number of sulfone groups is 1. The first-order valence-electron chi connectivity index (χ1n) is 5.51. The summed E-state index contributed by atoms with van der Waals surface area (Å²) in [5.41, 5.74) is 4.14. The molecule has 1 heterocycles. The summed E-state index contributed by atoms with van der Waals surface area (Å²) < 4.78 is 24.7. The van der Waals surface area contributed by atoms with E-state index in [4.69, 9.17) is 17.4 Å². The van der Waals surface area contributed by atoms with Crippen LogP contribution in [-0.4, -0.2) is 35.7 Å². The van der Waals surface area contributed by atoms with Gasteiger partial charge >= 0.3 is 0 Å². The quantitative estimate of drug-likeness (QED) is 0.598. The molecule has 104 valence electrons. The number of nitrogens with zero attached hydrogens (tertiary/aromatic N) is 2. The molecular formula is C10H19ClN4O2S. The van der Waals surface area contributed by atoms with Gasteiger partial charge in [0, 0.05) is 24.9 Å². The second-order valence-electron chi connectivity index (χ2n) is 4.49. The lowest BCUT2D eigenvalue weighted by Crippen LogP contribution is -2.47. The van der Waals surface area contributed by atoms with Gasteiger partial charge in [-0.15, -0.1) is 0 Å². The number of nitrogens with one attached hydrogen (secondary N) is 1. The van der Waals surface area contributed by atoms with E-state index in [1.807, 2.05) is 6.92 Å². The molecule has 0 aromatic carbocycles. The predicted molar refractivity (Wildman–Crippen MR) is 72.1 cm³/mol. The van der Waals surface area contributed by atoms with Crippen LogP contribution in [0.15, 0.2) is 0 Å². The third-order valence-electron chi connectivity index (χ3n) is 3.15. The molecule has 0 saturated carbocycles. The van der Waals surface area contributed by atoms with Crippen molar-refractivity contribution < 1.29 is 8.42 Å². The summed E-state index contributed by atoms with van der Waals surface area (Å²) in [5.74, 6) is 5.44. The van der Waals surface area contributed by atoms with E-state index in [-0.39, 0.29) is 0 Å². The van der Waals surface area contributed by atoms with Gasteiger partial charge in [-0.2, -0.15) is 5.10 Å². The molecule has 2 atom stereocenters. The monoisotopic (exact) mass is 294 g/mol. The van der Waals surface area contributed by atoms with Crippen LogP contribution in [-0.2, 0) is 23.3 Å². The Morgan fingerprint density at radius 2 is 2.11 bits per heavy atom. The second-order valence-corrected chi connectivity index (χ2v) is 7.25. The molecule has 0 amide bonds. The Bertz CT molecular complexity index is 526. The number of aryl methyl sites for hydroxylation is 2. The fourth-order valence-corrected chi connectivity index (χ4v) is 2.81. The maximum atomic E-state index is 11.5. The summed E-state index contributed by atoms with van der Waals surface area (Å²) in [5, 5.41) is 4.10. The van der Waals surface area contributed by atoms with E-state index in [1.54, 1.807) is 18.7 Å². The molecule has 2 unspecified atom stereocenters. The molecule has 6 nitrogen and oxygen atoms in total. The van der Waals surface area contributed by atoms with E-state index in [1.165, 1.54) is 6.26 Å². The summed E-state index contributed by atoms with van der Waals surface area (Å²) in [7, 11) is -1.43. The van der Waals surface area contributed by atoms with Gasteiger partial charge in [-0.3, -0.25) is 16.0 Å². The maximum Gasteiger partial charge on any atom is 0.151 e. The highest BCUT2D eigenvalue weighted by Gasteiger charge is 2.27. The van der Waals surface area contributed by atoms with Crippen molar-refractivity contribution in [1.29, 1.82) is 0 Å². The molecule has 0 radical (unpaired) electrons. The van der Waals surface area contributed by atoms with Gasteiger partial charge in [0.05, 0.1) is 10.9 Å². The largest absolute Gasteiger partial charge is 0.271 e. The molecule has 1 aromatic heterocycles. The van der Waals surface area contributed by atoms with Crippen LogP contribution in [0.5, 0.6) is 0 Å². The molecule has 18 heavy (non-hydrogen) atoms. The Morgan fingerprint density at radius 3 is 2.44 bits per heavy atom. The maximum absolute atomic E-state index is 11.5. The van der Waals surface area contributed by atoms with Gasteiger partial charge < -0.3 is 0 Å². The molecule has 0 aliphatic carbocycles. The van der Waals surface area contributed by atoms with Gasteiger partial charge in [0.1, 0.15) is 5.15 Å². The number of aromatic nitrogens is 2. The fourth-order valence-electron chi connectivity index (χ4n) is 1.78.